The fourth-order valence-corrected chi connectivity index (χ4v) is 3.76. The van der Waals surface area contributed by atoms with Crippen LogP contribution in [0.25, 0.3) is 22.2 Å². The van der Waals surface area contributed by atoms with Gasteiger partial charge in [0.05, 0.1) is 5.69 Å². The van der Waals surface area contributed by atoms with Crippen LogP contribution in [0.2, 0.25) is 0 Å². The van der Waals surface area contributed by atoms with Gasteiger partial charge in [-0.25, -0.2) is 4.98 Å². The number of hydrogen-bond acceptors (Lipinski definition) is 4. The molecule has 2 N–H and O–H groups in total. The fourth-order valence-electron chi connectivity index (χ4n) is 2.65. The molecule has 4 nitrogen and oxygen atoms in total. The van der Waals surface area contributed by atoms with Crippen LogP contribution in [-0.4, -0.2) is 22.1 Å². The number of para-hydroxylation sites is 1. The standard InChI is InChI=1S/C19H15N3OS2/c1-24-13-8-6-12(7-9-13)18(23)22-19-21-17(11-25-19)15-10-20-16-5-3-2-4-14(15)16/h2-11,20H,1H3,(H,21,22,23). The van der Waals surface area contributed by atoms with Crippen molar-refractivity contribution in [1.82, 2.24) is 9.97 Å². The third-order valence-corrected chi connectivity index (χ3v) is 5.44. The van der Waals surface area contributed by atoms with Crippen LogP contribution in [0, 0.1) is 0 Å². The number of thioether (sulfide) groups is 1. The molecule has 25 heavy (non-hydrogen) atoms. The summed E-state index contributed by atoms with van der Waals surface area (Å²) in [6.07, 6.45) is 3.96. The van der Waals surface area contributed by atoms with E-state index in [1.165, 1.54) is 11.3 Å². The molecule has 0 radical (unpaired) electrons. The van der Waals surface area contributed by atoms with E-state index >= 15 is 0 Å². The third-order valence-electron chi connectivity index (χ3n) is 3.94. The molecule has 4 rings (SSSR count). The number of aromatic amines is 1. The van der Waals surface area contributed by atoms with Crippen LogP contribution in [0.3, 0.4) is 0 Å². The first-order chi connectivity index (χ1) is 12.2. The predicted molar refractivity (Wildman–Crippen MR) is 106 cm³/mol. The molecule has 0 aliphatic rings. The fraction of sp³-hybridized carbons (Fsp3) is 0.0526. The minimum atomic E-state index is -0.146. The number of carbonyl (C=O) groups is 1. The number of aromatic nitrogens is 2. The van der Waals surface area contributed by atoms with Crippen LogP contribution < -0.4 is 5.32 Å². The number of carbonyl (C=O) groups excluding carboxylic acids is 1. The van der Waals surface area contributed by atoms with Crippen molar-refractivity contribution in [2.24, 2.45) is 0 Å². The van der Waals surface area contributed by atoms with Gasteiger partial charge in [0.1, 0.15) is 0 Å². The lowest BCUT2D eigenvalue weighted by Gasteiger charge is -2.02. The van der Waals surface area contributed by atoms with Gasteiger partial charge in [-0.1, -0.05) is 18.2 Å². The summed E-state index contributed by atoms with van der Waals surface area (Å²) in [7, 11) is 0. The smallest absolute Gasteiger partial charge is 0.257 e. The van der Waals surface area contributed by atoms with Crippen molar-refractivity contribution in [2.75, 3.05) is 11.6 Å². The van der Waals surface area contributed by atoms with Gasteiger partial charge >= 0.3 is 0 Å². The average molecular weight is 365 g/mol. The summed E-state index contributed by atoms with van der Waals surface area (Å²) >= 11 is 3.08. The predicted octanol–water partition coefficient (Wildman–Crippen LogP) is 5.27. The number of fused-ring (bicyclic) bond motifs is 1. The van der Waals surface area contributed by atoms with Crippen LogP contribution in [0.15, 0.2) is 65.0 Å². The van der Waals surface area contributed by atoms with Gasteiger partial charge in [-0.3, -0.25) is 10.1 Å². The van der Waals surface area contributed by atoms with E-state index in [1.807, 2.05) is 60.3 Å². The second-order valence-electron chi connectivity index (χ2n) is 5.47. The van der Waals surface area contributed by atoms with E-state index in [0.29, 0.717) is 10.7 Å². The molecule has 4 aromatic rings. The Morgan fingerprint density at radius 2 is 1.96 bits per heavy atom. The Hall–Kier alpha value is -2.57. The van der Waals surface area contributed by atoms with Gasteiger partial charge in [-0.2, -0.15) is 0 Å². The molecule has 0 bridgehead atoms. The van der Waals surface area contributed by atoms with E-state index in [1.54, 1.807) is 11.8 Å². The quantitative estimate of drug-likeness (QED) is 0.485. The first-order valence-corrected chi connectivity index (χ1v) is 9.82. The molecular weight excluding hydrogens is 350 g/mol. The first kappa shape index (κ1) is 15.9. The molecule has 0 spiro atoms. The maximum Gasteiger partial charge on any atom is 0.257 e. The van der Waals surface area contributed by atoms with Crippen LogP contribution >= 0.6 is 23.1 Å². The van der Waals surface area contributed by atoms with Gasteiger partial charge < -0.3 is 4.98 Å². The van der Waals surface area contributed by atoms with Gasteiger partial charge in [0.2, 0.25) is 0 Å². The molecule has 0 aliphatic heterocycles. The van der Waals surface area contributed by atoms with E-state index in [-0.39, 0.29) is 5.91 Å². The Morgan fingerprint density at radius 3 is 2.76 bits per heavy atom. The number of H-pyrrole nitrogens is 1. The lowest BCUT2D eigenvalue weighted by Crippen LogP contribution is -2.11. The van der Waals surface area contributed by atoms with E-state index < -0.39 is 0 Å². The van der Waals surface area contributed by atoms with Crippen LogP contribution in [0.1, 0.15) is 10.4 Å². The Kier molecular flexibility index (Phi) is 4.29. The summed E-state index contributed by atoms with van der Waals surface area (Å²) in [6, 6.07) is 15.6. The molecule has 0 aliphatic carbocycles. The van der Waals surface area contributed by atoms with Gasteiger partial charge in [-0.05, 0) is 36.6 Å². The highest BCUT2D eigenvalue weighted by Gasteiger charge is 2.12. The minimum absolute atomic E-state index is 0.146. The Bertz CT molecular complexity index is 1030. The van der Waals surface area contributed by atoms with Gasteiger partial charge in [0, 0.05) is 38.5 Å². The molecule has 0 unspecified atom stereocenters. The Labute approximate surface area is 153 Å². The van der Waals surface area contributed by atoms with Gasteiger partial charge in [-0.15, -0.1) is 23.1 Å². The van der Waals surface area contributed by atoms with Crippen LogP contribution in [0.4, 0.5) is 5.13 Å². The van der Waals surface area contributed by atoms with E-state index in [2.05, 4.69) is 21.4 Å². The Balaban J connectivity index is 1.55. The summed E-state index contributed by atoms with van der Waals surface area (Å²) in [5.41, 5.74) is 3.60. The number of amides is 1. The number of rotatable bonds is 4. The molecule has 2 aromatic heterocycles. The van der Waals surface area contributed by atoms with Gasteiger partial charge in [0.25, 0.3) is 5.91 Å². The second-order valence-corrected chi connectivity index (χ2v) is 7.21. The first-order valence-electron chi connectivity index (χ1n) is 7.72. The molecule has 6 heteroatoms. The van der Waals surface area contributed by atoms with E-state index in [9.17, 15) is 4.79 Å². The molecule has 2 aromatic carbocycles. The summed E-state index contributed by atoms with van der Waals surface area (Å²) in [6.45, 7) is 0. The van der Waals surface area contributed by atoms with E-state index in [0.717, 1.165) is 27.1 Å². The van der Waals surface area contributed by atoms with Crippen molar-refractivity contribution < 1.29 is 4.79 Å². The zero-order valence-corrected chi connectivity index (χ0v) is 15.1. The lowest BCUT2D eigenvalue weighted by atomic mass is 10.1. The number of hydrogen-bond donors (Lipinski definition) is 2. The largest absolute Gasteiger partial charge is 0.360 e. The topological polar surface area (TPSA) is 57.8 Å². The maximum atomic E-state index is 12.4. The number of benzene rings is 2. The highest BCUT2D eigenvalue weighted by molar-refractivity contribution is 7.98. The maximum absolute atomic E-state index is 12.4. The normalized spacial score (nSPS) is 10.9. The summed E-state index contributed by atoms with van der Waals surface area (Å²) < 4.78 is 0. The van der Waals surface area contributed by atoms with Crippen molar-refractivity contribution in [1.29, 1.82) is 0 Å². The minimum Gasteiger partial charge on any atom is -0.360 e. The number of nitrogens with zero attached hydrogens (tertiary/aromatic N) is 1. The lowest BCUT2D eigenvalue weighted by molar-refractivity contribution is 0.102. The third kappa shape index (κ3) is 3.18. The number of anilines is 1. The molecule has 0 saturated heterocycles. The molecule has 0 atom stereocenters. The highest BCUT2D eigenvalue weighted by atomic mass is 32.2. The number of nitrogens with one attached hydrogen (secondary N) is 2. The van der Waals surface area contributed by atoms with Gasteiger partial charge in [0.15, 0.2) is 5.13 Å². The number of thiazole rings is 1. The zero-order valence-electron chi connectivity index (χ0n) is 13.4. The molecule has 2 heterocycles. The highest BCUT2D eigenvalue weighted by Crippen LogP contribution is 2.31. The molecule has 124 valence electrons. The van der Waals surface area contributed by atoms with Crippen LogP contribution in [-0.2, 0) is 0 Å². The summed E-state index contributed by atoms with van der Waals surface area (Å²) in [4.78, 5) is 21.3. The van der Waals surface area contributed by atoms with Crippen molar-refractivity contribution in [2.45, 2.75) is 4.90 Å². The molecule has 0 fully saturated rings. The van der Waals surface area contributed by atoms with Crippen molar-refractivity contribution in [3.05, 3.63) is 65.7 Å². The second kappa shape index (κ2) is 6.74. The summed E-state index contributed by atoms with van der Waals surface area (Å²) in [5, 5.41) is 6.56. The van der Waals surface area contributed by atoms with E-state index in [4.69, 9.17) is 0 Å². The average Bonchev–Trinajstić information content (AvgIpc) is 3.28. The monoisotopic (exact) mass is 365 g/mol. The molecule has 1 amide bonds. The molecule has 0 saturated carbocycles. The Morgan fingerprint density at radius 1 is 1.16 bits per heavy atom. The molecular formula is C19H15N3OS2. The zero-order chi connectivity index (χ0) is 17.2. The SMILES string of the molecule is CSc1ccc(C(=O)Nc2nc(-c3c[nH]c4ccccc34)cs2)cc1. The summed E-state index contributed by atoms with van der Waals surface area (Å²) in [5.74, 6) is -0.146. The van der Waals surface area contributed by atoms with Crippen molar-refractivity contribution in [3.63, 3.8) is 0 Å². The van der Waals surface area contributed by atoms with Crippen molar-refractivity contribution in [3.8, 4) is 11.3 Å². The van der Waals surface area contributed by atoms with Crippen molar-refractivity contribution >= 4 is 45.0 Å². The van der Waals surface area contributed by atoms with Crippen LogP contribution in [0.5, 0.6) is 0 Å².